The molecule has 3 aromatic rings. The summed E-state index contributed by atoms with van der Waals surface area (Å²) in [6, 6.07) is 7.82. The Bertz CT molecular complexity index is 1120. The summed E-state index contributed by atoms with van der Waals surface area (Å²) in [5, 5.41) is 11.2. The molecular formula is C19H18FN7O3. The van der Waals surface area contributed by atoms with Gasteiger partial charge in [0.05, 0.1) is 18.2 Å². The lowest BCUT2D eigenvalue weighted by atomic mass is 10.0. The molecule has 2 aromatic heterocycles. The number of primary amides is 1. The number of tetrazole rings is 1. The molecule has 1 fully saturated rings. The molecule has 10 nitrogen and oxygen atoms in total. The second kappa shape index (κ2) is 7.50. The van der Waals surface area contributed by atoms with Crippen LogP contribution in [0, 0.1) is 11.7 Å². The van der Waals surface area contributed by atoms with Crippen molar-refractivity contribution in [2.45, 2.75) is 13.0 Å². The number of pyridine rings is 1. The predicted octanol–water partition coefficient (Wildman–Crippen LogP) is 1.52. The van der Waals surface area contributed by atoms with E-state index in [9.17, 15) is 14.0 Å². The number of aromatic nitrogens is 5. The molecule has 0 aliphatic carbocycles. The molecule has 0 radical (unpaired) electrons. The highest BCUT2D eigenvalue weighted by Crippen LogP contribution is 2.30. The van der Waals surface area contributed by atoms with E-state index in [4.69, 9.17) is 10.5 Å². The smallest absolute Gasteiger partial charge is 0.414 e. The van der Waals surface area contributed by atoms with Crippen LogP contribution in [-0.4, -0.2) is 49.8 Å². The van der Waals surface area contributed by atoms with Crippen LogP contribution < -0.4 is 10.6 Å². The van der Waals surface area contributed by atoms with E-state index in [2.05, 4.69) is 20.5 Å². The van der Waals surface area contributed by atoms with Crippen LogP contribution in [0.15, 0.2) is 36.5 Å². The molecule has 2 atom stereocenters. The predicted molar refractivity (Wildman–Crippen MR) is 103 cm³/mol. The number of hydrogen-bond acceptors (Lipinski definition) is 7. The SMILES string of the molecule is C[C@H](C(N)=O)C1CN(c2ccc(-c3ccc(-c4nnnn4C)nc3)c(F)c2)C(=O)O1. The van der Waals surface area contributed by atoms with Crippen LogP contribution in [0.1, 0.15) is 6.92 Å². The van der Waals surface area contributed by atoms with Gasteiger partial charge in [-0.05, 0) is 41.6 Å². The lowest BCUT2D eigenvalue weighted by Crippen LogP contribution is -2.34. The van der Waals surface area contributed by atoms with Crippen molar-refractivity contribution in [3.63, 3.8) is 0 Å². The first-order valence-corrected chi connectivity index (χ1v) is 9.11. The lowest BCUT2D eigenvalue weighted by molar-refractivity contribution is -0.123. The van der Waals surface area contributed by atoms with Crippen molar-refractivity contribution in [2.75, 3.05) is 11.4 Å². The number of anilines is 1. The van der Waals surface area contributed by atoms with Gasteiger partial charge < -0.3 is 10.5 Å². The molecule has 154 valence electrons. The number of aryl methyl sites for hydroxylation is 1. The van der Waals surface area contributed by atoms with Gasteiger partial charge in [-0.1, -0.05) is 6.07 Å². The number of nitrogens with two attached hydrogens (primary N) is 1. The zero-order valence-corrected chi connectivity index (χ0v) is 16.2. The third-order valence-electron chi connectivity index (χ3n) is 5.03. The lowest BCUT2D eigenvalue weighted by Gasteiger charge is -2.15. The van der Waals surface area contributed by atoms with Gasteiger partial charge in [0.15, 0.2) is 5.82 Å². The molecule has 0 bridgehead atoms. The van der Waals surface area contributed by atoms with Gasteiger partial charge in [-0.2, -0.15) is 0 Å². The van der Waals surface area contributed by atoms with E-state index >= 15 is 0 Å². The molecule has 0 saturated carbocycles. The Kier molecular flexibility index (Phi) is 4.86. The van der Waals surface area contributed by atoms with Gasteiger partial charge in [-0.25, -0.2) is 13.9 Å². The molecule has 1 aliphatic heterocycles. The van der Waals surface area contributed by atoms with Gasteiger partial charge in [-0.3, -0.25) is 14.7 Å². The van der Waals surface area contributed by atoms with Crippen LogP contribution in [0.3, 0.4) is 0 Å². The van der Waals surface area contributed by atoms with E-state index in [1.165, 1.54) is 21.8 Å². The van der Waals surface area contributed by atoms with Gasteiger partial charge >= 0.3 is 6.09 Å². The van der Waals surface area contributed by atoms with Crippen LogP contribution in [0.2, 0.25) is 0 Å². The van der Waals surface area contributed by atoms with Crippen LogP contribution in [-0.2, 0) is 16.6 Å². The Morgan fingerprint density at radius 2 is 2.13 bits per heavy atom. The average Bonchev–Trinajstić information content (AvgIpc) is 3.33. The summed E-state index contributed by atoms with van der Waals surface area (Å²) in [5.74, 6) is -1.24. The van der Waals surface area contributed by atoms with Gasteiger partial charge in [0.1, 0.15) is 17.6 Å². The fourth-order valence-corrected chi connectivity index (χ4v) is 3.18. The Morgan fingerprint density at radius 3 is 2.73 bits per heavy atom. The van der Waals surface area contributed by atoms with Crippen LogP contribution in [0.25, 0.3) is 22.6 Å². The zero-order valence-electron chi connectivity index (χ0n) is 16.2. The topological polar surface area (TPSA) is 129 Å². The van der Waals surface area contributed by atoms with E-state index < -0.39 is 29.8 Å². The second-order valence-electron chi connectivity index (χ2n) is 6.95. The molecule has 2 N–H and O–H groups in total. The van der Waals surface area contributed by atoms with Gasteiger partial charge in [-0.15, -0.1) is 5.10 Å². The maximum Gasteiger partial charge on any atom is 0.414 e. The van der Waals surface area contributed by atoms with Crippen molar-refractivity contribution in [3.8, 4) is 22.6 Å². The van der Waals surface area contributed by atoms with Crippen LogP contribution >= 0.6 is 0 Å². The van der Waals surface area contributed by atoms with Crippen molar-refractivity contribution in [1.82, 2.24) is 25.2 Å². The third-order valence-corrected chi connectivity index (χ3v) is 5.03. The maximum absolute atomic E-state index is 14.8. The molecule has 1 aromatic carbocycles. The van der Waals surface area contributed by atoms with Crippen molar-refractivity contribution in [2.24, 2.45) is 18.7 Å². The highest BCUT2D eigenvalue weighted by molar-refractivity contribution is 5.91. The highest BCUT2D eigenvalue weighted by atomic mass is 19.1. The first-order chi connectivity index (χ1) is 14.3. The van der Waals surface area contributed by atoms with Crippen molar-refractivity contribution in [1.29, 1.82) is 0 Å². The number of cyclic esters (lactones) is 1. The van der Waals surface area contributed by atoms with E-state index in [1.807, 2.05) is 0 Å². The Morgan fingerprint density at radius 1 is 1.33 bits per heavy atom. The minimum Gasteiger partial charge on any atom is -0.443 e. The number of nitrogens with zero attached hydrogens (tertiary/aromatic N) is 6. The normalized spacial score (nSPS) is 17.1. The van der Waals surface area contributed by atoms with E-state index in [0.717, 1.165) is 0 Å². The van der Waals surface area contributed by atoms with E-state index in [0.29, 0.717) is 28.3 Å². The minimum absolute atomic E-state index is 0.115. The number of benzene rings is 1. The minimum atomic E-state index is -0.676. The molecule has 4 rings (SSSR count). The molecule has 1 aliphatic rings. The third kappa shape index (κ3) is 3.45. The van der Waals surface area contributed by atoms with Crippen molar-refractivity contribution in [3.05, 3.63) is 42.3 Å². The van der Waals surface area contributed by atoms with Gasteiger partial charge in [0.2, 0.25) is 5.91 Å². The average molecular weight is 411 g/mol. The summed E-state index contributed by atoms with van der Waals surface area (Å²) >= 11 is 0. The summed E-state index contributed by atoms with van der Waals surface area (Å²) in [6.45, 7) is 1.70. The number of rotatable bonds is 5. The van der Waals surface area contributed by atoms with Crippen molar-refractivity contribution >= 4 is 17.7 Å². The summed E-state index contributed by atoms with van der Waals surface area (Å²) in [7, 11) is 1.70. The Balaban J connectivity index is 1.56. The second-order valence-corrected chi connectivity index (χ2v) is 6.95. The first kappa shape index (κ1) is 19.4. The zero-order chi connectivity index (χ0) is 21.4. The standard InChI is InChI=1S/C19H18FN7O3/c1-10(17(21)28)16-9-27(19(29)30-16)12-4-5-13(14(20)7-12)11-3-6-15(22-8-11)18-23-24-25-26(18)2/h3-8,10,16H,9H2,1-2H3,(H2,21,28)/t10-,16?/m0/s1. The largest absolute Gasteiger partial charge is 0.443 e. The summed E-state index contributed by atoms with van der Waals surface area (Å²) < 4.78 is 21.5. The van der Waals surface area contributed by atoms with E-state index in [1.54, 1.807) is 38.2 Å². The fraction of sp³-hybridized carbons (Fsp3) is 0.263. The fourth-order valence-electron chi connectivity index (χ4n) is 3.18. The number of carbonyl (C=O) groups excluding carboxylic acids is 2. The summed E-state index contributed by atoms with van der Waals surface area (Å²) in [6.07, 6.45) is 0.199. The monoisotopic (exact) mass is 411 g/mol. The molecule has 3 heterocycles. The molecule has 30 heavy (non-hydrogen) atoms. The number of hydrogen-bond donors (Lipinski definition) is 1. The van der Waals surface area contributed by atoms with Gasteiger partial charge in [0.25, 0.3) is 0 Å². The molecule has 1 unspecified atom stereocenters. The number of carbonyl (C=O) groups is 2. The number of halogens is 1. The Hall–Kier alpha value is -3.89. The highest BCUT2D eigenvalue weighted by Gasteiger charge is 2.37. The maximum atomic E-state index is 14.8. The quantitative estimate of drug-likeness (QED) is 0.674. The molecule has 2 amide bonds. The molecular weight excluding hydrogens is 393 g/mol. The summed E-state index contributed by atoms with van der Waals surface area (Å²) in [4.78, 5) is 29.1. The first-order valence-electron chi connectivity index (χ1n) is 9.11. The number of ether oxygens (including phenoxy) is 1. The Labute approximate surface area is 170 Å². The van der Waals surface area contributed by atoms with Crippen LogP contribution in [0.5, 0.6) is 0 Å². The van der Waals surface area contributed by atoms with E-state index in [-0.39, 0.29) is 6.54 Å². The van der Waals surface area contributed by atoms with Gasteiger partial charge in [0, 0.05) is 24.4 Å². The van der Waals surface area contributed by atoms with Crippen LogP contribution in [0.4, 0.5) is 14.9 Å². The van der Waals surface area contributed by atoms with Crippen molar-refractivity contribution < 1.29 is 18.7 Å². The summed E-state index contributed by atoms with van der Waals surface area (Å²) in [5.41, 5.74) is 7.04. The molecule has 1 saturated heterocycles. The molecule has 0 spiro atoms. The number of amides is 2. The molecule has 11 heteroatoms.